The number of halogens is 2. The van der Waals surface area contributed by atoms with Crippen LogP contribution >= 0.6 is 31.9 Å². The highest BCUT2D eigenvalue weighted by Crippen LogP contribution is 2.56. The average Bonchev–Trinajstić information content (AvgIpc) is 3.03. The van der Waals surface area contributed by atoms with Crippen molar-refractivity contribution in [1.82, 2.24) is 0 Å². The molecule has 0 bridgehead atoms. The molecule has 0 fully saturated rings. The smallest absolute Gasteiger partial charge is 0.340 e. The molecule has 8 heteroatoms. The Hall–Kier alpha value is -2.84. The first-order valence-corrected chi connectivity index (χ1v) is 11.6. The number of aromatic hydroxyl groups is 2. The minimum atomic E-state index is -1.91. The van der Waals surface area contributed by atoms with Crippen molar-refractivity contribution in [2.45, 2.75) is 33.3 Å². The fraction of sp³-hybridized carbons (Fsp3) is 0.200. The molecule has 1 aliphatic heterocycles. The number of benzene rings is 3. The second-order valence-corrected chi connectivity index (χ2v) is 9.74. The Morgan fingerprint density at radius 3 is 1.82 bits per heavy atom. The van der Waals surface area contributed by atoms with Gasteiger partial charge < -0.3 is 20.1 Å². The fourth-order valence-electron chi connectivity index (χ4n) is 4.77. The van der Waals surface area contributed by atoms with Crippen LogP contribution in [0.1, 0.15) is 59.7 Å². The molecule has 1 aliphatic rings. The molecule has 0 amide bonds. The summed E-state index contributed by atoms with van der Waals surface area (Å²) >= 11 is 7.07. The van der Waals surface area contributed by atoms with Crippen LogP contribution in [-0.2, 0) is 10.3 Å². The number of carboxylic acids is 1. The number of carbonyl (C=O) groups excluding carboxylic acids is 1. The number of hydrogen-bond donors (Lipinski definition) is 3. The van der Waals surface area contributed by atoms with E-state index in [4.69, 9.17) is 4.74 Å². The SMILES string of the molecule is Cc1cc(O)c(C2(c3c(O)cc(C)c(Br)c3C)OC(=O)c3cccc(C(=O)O)c32)c(C)c1Br. The van der Waals surface area contributed by atoms with Crippen molar-refractivity contribution in [2.75, 3.05) is 0 Å². The van der Waals surface area contributed by atoms with Crippen LogP contribution in [0.3, 0.4) is 0 Å². The summed E-state index contributed by atoms with van der Waals surface area (Å²) in [6.45, 7) is 7.07. The van der Waals surface area contributed by atoms with E-state index in [0.717, 1.165) is 11.1 Å². The predicted molar refractivity (Wildman–Crippen MR) is 129 cm³/mol. The lowest BCUT2D eigenvalue weighted by molar-refractivity contribution is 0.0230. The van der Waals surface area contributed by atoms with Gasteiger partial charge in [0, 0.05) is 14.5 Å². The van der Waals surface area contributed by atoms with Crippen LogP contribution in [-0.4, -0.2) is 27.3 Å². The highest BCUT2D eigenvalue weighted by molar-refractivity contribution is 9.10. The maximum atomic E-state index is 13.1. The normalized spacial score (nSPS) is 14.2. The van der Waals surface area contributed by atoms with Crippen molar-refractivity contribution in [2.24, 2.45) is 0 Å². The Kier molecular flexibility index (Phi) is 5.57. The van der Waals surface area contributed by atoms with Gasteiger partial charge in [0.2, 0.25) is 0 Å². The molecule has 6 nitrogen and oxygen atoms in total. The van der Waals surface area contributed by atoms with Gasteiger partial charge in [-0.1, -0.05) is 37.9 Å². The summed E-state index contributed by atoms with van der Waals surface area (Å²) in [4.78, 5) is 25.4. The third kappa shape index (κ3) is 3.19. The Bertz CT molecular complexity index is 1310. The minimum Gasteiger partial charge on any atom is -0.507 e. The van der Waals surface area contributed by atoms with E-state index in [2.05, 4.69) is 31.9 Å². The maximum Gasteiger partial charge on any atom is 0.340 e. The number of rotatable bonds is 3. The number of aryl methyl sites for hydroxylation is 2. The molecule has 0 aromatic heterocycles. The number of aromatic carboxylic acids is 1. The van der Waals surface area contributed by atoms with Gasteiger partial charge in [0.1, 0.15) is 11.5 Å². The van der Waals surface area contributed by atoms with Gasteiger partial charge in [-0.25, -0.2) is 9.59 Å². The van der Waals surface area contributed by atoms with Crippen LogP contribution in [0, 0.1) is 27.7 Å². The van der Waals surface area contributed by atoms with E-state index in [9.17, 15) is 24.9 Å². The molecule has 170 valence electrons. The Balaban J connectivity index is 2.32. The van der Waals surface area contributed by atoms with E-state index in [1.807, 2.05) is 0 Å². The van der Waals surface area contributed by atoms with Crippen LogP contribution in [0.2, 0.25) is 0 Å². The maximum absolute atomic E-state index is 13.1. The molecule has 0 unspecified atom stereocenters. The molecule has 0 atom stereocenters. The van der Waals surface area contributed by atoms with Gasteiger partial charge in [0.25, 0.3) is 0 Å². The molecule has 3 N–H and O–H groups in total. The Labute approximate surface area is 207 Å². The molecule has 33 heavy (non-hydrogen) atoms. The second kappa shape index (κ2) is 7.88. The highest BCUT2D eigenvalue weighted by atomic mass is 79.9. The van der Waals surface area contributed by atoms with Crippen LogP contribution in [0.4, 0.5) is 0 Å². The average molecular weight is 576 g/mol. The summed E-state index contributed by atoms with van der Waals surface area (Å²) in [5, 5.41) is 32.4. The van der Waals surface area contributed by atoms with E-state index in [-0.39, 0.29) is 39.3 Å². The van der Waals surface area contributed by atoms with Crippen molar-refractivity contribution in [3.8, 4) is 11.5 Å². The first-order chi connectivity index (χ1) is 15.4. The number of phenols is 2. The third-order valence-corrected chi connectivity index (χ3v) is 8.58. The summed E-state index contributed by atoms with van der Waals surface area (Å²) in [5.41, 5.74) is 0.974. The molecule has 4 rings (SSSR count). The zero-order valence-electron chi connectivity index (χ0n) is 18.2. The number of hydrogen-bond acceptors (Lipinski definition) is 5. The molecule has 3 aromatic rings. The lowest BCUT2D eigenvalue weighted by Crippen LogP contribution is -2.33. The summed E-state index contributed by atoms with van der Waals surface area (Å²) in [7, 11) is 0. The zero-order chi connectivity index (χ0) is 24.4. The standard InChI is InChI=1S/C25H20Br2O6/c1-10-8-16(28)18(12(3)21(10)26)25(19-13(4)22(27)11(2)9-17(19)29)20-14(23(30)31)6-5-7-15(20)24(32)33-25/h5-9,28-29H,1-4H3,(H,30,31). The van der Waals surface area contributed by atoms with E-state index >= 15 is 0 Å². The molecule has 3 aromatic carbocycles. The summed E-state index contributed by atoms with van der Waals surface area (Å²) in [6, 6.07) is 7.35. The summed E-state index contributed by atoms with van der Waals surface area (Å²) in [6.07, 6.45) is 0. The van der Waals surface area contributed by atoms with Crippen molar-refractivity contribution in [3.05, 3.63) is 89.3 Å². The first-order valence-electron chi connectivity index (χ1n) is 10.0. The fourth-order valence-corrected chi connectivity index (χ4v) is 5.39. The molecular weight excluding hydrogens is 556 g/mol. The number of esters is 1. The van der Waals surface area contributed by atoms with E-state index in [0.29, 0.717) is 20.1 Å². The molecule has 0 saturated heterocycles. The quantitative estimate of drug-likeness (QED) is 0.330. The van der Waals surface area contributed by atoms with Crippen LogP contribution < -0.4 is 0 Å². The lowest BCUT2D eigenvalue weighted by atomic mass is 9.73. The van der Waals surface area contributed by atoms with Gasteiger partial charge >= 0.3 is 11.9 Å². The number of ether oxygens (including phenoxy) is 1. The van der Waals surface area contributed by atoms with Crippen molar-refractivity contribution < 1.29 is 29.6 Å². The number of fused-ring (bicyclic) bond motifs is 1. The predicted octanol–water partition coefficient (Wildman–Crippen LogP) is 6.02. The molecule has 0 spiro atoms. The van der Waals surface area contributed by atoms with E-state index in [1.54, 1.807) is 27.7 Å². The number of cyclic esters (lactones) is 1. The molecule has 1 heterocycles. The van der Waals surface area contributed by atoms with Crippen molar-refractivity contribution in [3.63, 3.8) is 0 Å². The summed E-state index contributed by atoms with van der Waals surface area (Å²) < 4.78 is 7.36. The number of carboxylic acid groups (broad SMARTS) is 1. The monoisotopic (exact) mass is 574 g/mol. The van der Waals surface area contributed by atoms with Crippen LogP contribution in [0.15, 0.2) is 39.3 Å². The van der Waals surface area contributed by atoms with Gasteiger partial charge in [-0.05, 0) is 74.2 Å². The molecule has 0 saturated carbocycles. The van der Waals surface area contributed by atoms with Crippen LogP contribution in [0.25, 0.3) is 0 Å². The first kappa shape index (κ1) is 23.3. The van der Waals surface area contributed by atoms with Gasteiger partial charge in [-0.3, -0.25) is 0 Å². The van der Waals surface area contributed by atoms with Gasteiger partial charge in [-0.2, -0.15) is 0 Å². The molecule has 0 radical (unpaired) electrons. The topological polar surface area (TPSA) is 104 Å². The Morgan fingerprint density at radius 2 is 1.36 bits per heavy atom. The minimum absolute atomic E-state index is 0.0564. The third-order valence-electron chi connectivity index (χ3n) is 6.14. The van der Waals surface area contributed by atoms with E-state index in [1.165, 1.54) is 30.3 Å². The second-order valence-electron chi connectivity index (χ2n) is 8.16. The molecular formula is C25H20Br2O6. The van der Waals surface area contributed by atoms with E-state index < -0.39 is 17.5 Å². The van der Waals surface area contributed by atoms with Gasteiger partial charge in [0.15, 0.2) is 5.60 Å². The van der Waals surface area contributed by atoms with Crippen molar-refractivity contribution >= 4 is 43.8 Å². The lowest BCUT2D eigenvalue weighted by Gasteiger charge is -2.35. The van der Waals surface area contributed by atoms with Gasteiger partial charge in [-0.15, -0.1) is 0 Å². The van der Waals surface area contributed by atoms with Crippen LogP contribution in [0.5, 0.6) is 11.5 Å². The summed E-state index contributed by atoms with van der Waals surface area (Å²) in [5.74, 6) is -2.39. The van der Waals surface area contributed by atoms with Crippen molar-refractivity contribution in [1.29, 1.82) is 0 Å². The molecule has 0 aliphatic carbocycles. The highest BCUT2D eigenvalue weighted by Gasteiger charge is 2.55. The largest absolute Gasteiger partial charge is 0.507 e. The Morgan fingerprint density at radius 1 is 0.879 bits per heavy atom. The number of carbonyl (C=O) groups is 2. The zero-order valence-corrected chi connectivity index (χ0v) is 21.4. The van der Waals surface area contributed by atoms with Gasteiger partial charge in [0.05, 0.1) is 22.3 Å². The number of phenolic OH excluding ortho intramolecular Hbond substituents is 2.